The smallest absolute Gasteiger partial charge is 0.185 e. The van der Waals surface area contributed by atoms with Gasteiger partial charge in [0.1, 0.15) is 0 Å². The third kappa shape index (κ3) is 6.41. The molecule has 1 fully saturated rings. The van der Waals surface area contributed by atoms with Crippen molar-refractivity contribution < 1.29 is 9.90 Å². The van der Waals surface area contributed by atoms with E-state index in [1.807, 2.05) is 67.6 Å². The summed E-state index contributed by atoms with van der Waals surface area (Å²) in [6.07, 6.45) is 12.4. The summed E-state index contributed by atoms with van der Waals surface area (Å²) < 4.78 is 0. The zero-order valence-electron chi connectivity index (χ0n) is 17.5. The van der Waals surface area contributed by atoms with Crippen LogP contribution < -0.4 is 0 Å². The molecule has 1 aliphatic rings. The van der Waals surface area contributed by atoms with Gasteiger partial charge in [-0.3, -0.25) is 4.79 Å². The number of carbonyl (C=O) groups is 1. The molecular formula is C26H25N3O2. The highest BCUT2D eigenvalue weighted by atomic mass is 16.3. The second-order valence-corrected chi connectivity index (χ2v) is 7.58. The molecule has 0 heterocycles. The summed E-state index contributed by atoms with van der Waals surface area (Å²) in [7, 11) is 0. The second-order valence-electron chi connectivity index (χ2n) is 7.58. The first-order chi connectivity index (χ1) is 15.1. The van der Waals surface area contributed by atoms with Crippen molar-refractivity contribution in [3.63, 3.8) is 0 Å². The van der Waals surface area contributed by atoms with E-state index in [1.165, 1.54) is 5.56 Å². The van der Waals surface area contributed by atoms with Gasteiger partial charge in [-0.25, -0.2) is 0 Å². The largest absolute Gasteiger partial charge is 0.396 e. The zero-order chi connectivity index (χ0) is 22.1. The van der Waals surface area contributed by atoms with E-state index < -0.39 is 0 Å². The molecule has 5 heteroatoms. The fourth-order valence-electron chi connectivity index (χ4n) is 3.43. The highest BCUT2D eigenvalue weighted by Crippen LogP contribution is 2.30. The molecule has 2 aromatic carbocycles. The Morgan fingerprint density at radius 1 is 0.968 bits per heavy atom. The highest BCUT2D eigenvalue weighted by molar-refractivity contribution is 6.09. The van der Waals surface area contributed by atoms with Crippen molar-refractivity contribution >= 4 is 23.6 Å². The monoisotopic (exact) mass is 411 g/mol. The number of nitrogens with zero attached hydrogens (tertiary/aromatic N) is 3. The zero-order valence-corrected chi connectivity index (χ0v) is 17.5. The van der Waals surface area contributed by atoms with Gasteiger partial charge in [-0.2, -0.15) is 0 Å². The van der Waals surface area contributed by atoms with Gasteiger partial charge >= 0.3 is 0 Å². The summed E-state index contributed by atoms with van der Waals surface area (Å²) in [6, 6.07) is 15.4. The van der Waals surface area contributed by atoms with Crippen LogP contribution in [-0.2, 0) is 4.79 Å². The molecule has 0 radical (unpaired) electrons. The van der Waals surface area contributed by atoms with Crippen LogP contribution in [0, 0.1) is 12.8 Å². The topological polar surface area (TPSA) is 86.1 Å². The Morgan fingerprint density at radius 3 is 1.97 bits per heavy atom. The highest BCUT2D eigenvalue weighted by Gasteiger charge is 2.26. The molecule has 156 valence electrons. The lowest BCUT2D eigenvalue weighted by molar-refractivity contribution is -0.113. The third-order valence-corrected chi connectivity index (χ3v) is 5.16. The van der Waals surface area contributed by atoms with Gasteiger partial charge in [0.25, 0.3) is 0 Å². The first-order valence-corrected chi connectivity index (χ1v) is 10.2. The van der Waals surface area contributed by atoms with Gasteiger partial charge in [0.05, 0.1) is 0 Å². The van der Waals surface area contributed by atoms with E-state index in [2.05, 4.69) is 22.2 Å². The first kappa shape index (κ1) is 22.0. The van der Waals surface area contributed by atoms with Crippen LogP contribution in [0.4, 0.5) is 5.69 Å². The molecule has 1 saturated carbocycles. The maximum Gasteiger partial charge on any atom is 0.185 e. The van der Waals surface area contributed by atoms with Crippen LogP contribution in [0.3, 0.4) is 0 Å². The number of hydrogen-bond acceptors (Lipinski definition) is 3. The molecule has 2 aromatic rings. The second kappa shape index (κ2) is 10.9. The Balaban J connectivity index is 1.74. The molecule has 5 nitrogen and oxygen atoms in total. The molecule has 0 aliphatic heterocycles. The van der Waals surface area contributed by atoms with Crippen LogP contribution in [0.5, 0.6) is 0 Å². The Bertz CT molecular complexity index is 1080. The quantitative estimate of drug-likeness (QED) is 0.255. The van der Waals surface area contributed by atoms with Crippen molar-refractivity contribution in [1.29, 1.82) is 0 Å². The number of aliphatic hydroxyl groups is 1. The minimum Gasteiger partial charge on any atom is -0.396 e. The van der Waals surface area contributed by atoms with Crippen molar-refractivity contribution in [2.75, 3.05) is 6.61 Å². The average molecular weight is 412 g/mol. The SMILES string of the molecule is Cc1ccc(/C=C\C=C2/CC(CO)C/C(=C\C=C/c3ccc(N=[N+]=[N-])cc3)C2=O)cc1. The van der Waals surface area contributed by atoms with Gasteiger partial charge < -0.3 is 5.11 Å². The van der Waals surface area contributed by atoms with E-state index in [1.54, 1.807) is 12.1 Å². The Labute approximate surface area is 182 Å². The maximum atomic E-state index is 12.9. The number of carbonyl (C=O) groups excluding carboxylic acids is 1. The number of aryl methyl sites for hydroxylation is 1. The number of rotatable bonds is 6. The van der Waals surface area contributed by atoms with Gasteiger partial charge in [0.15, 0.2) is 5.78 Å². The molecule has 1 aliphatic carbocycles. The number of allylic oxidation sites excluding steroid dienone is 6. The Morgan fingerprint density at radius 2 is 1.48 bits per heavy atom. The van der Waals surface area contributed by atoms with Crippen molar-refractivity contribution in [1.82, 2.24) is 0 Å². The van der Waals surface area contributed by atoms with Crippen LogP contribution in [0.25, 0.3) is 22.6 Å². The summed E-state index contributed by atoms with van der Waals surface area (Å²) >= 11 is 0. The minimum absolute atomic E-state index is 0.0293. The first-order valence-electron chi connectivity index (χ1n) is 10.2. The average Bonchev–Trinajstić information content (AvgIpc) is 2.78. The van der Waals surface area contributed by atoms with Crippen LogP contribution in [0.1, 0.15) is 29.5 Å². The molecular weight excluding hydrogens is 386 g/mol. The number of benzene rings is 2. The molecule has 1 unspecified atom stereocenters. The van der Waals surface area contributed by atoms with Crippen molar-refractivity contribution in [2.45, 2.75) is 19.8 Å². The fraction of sp³-hybridized carbons (Fsp3) is 0.192. The predicted molar refractivity (Wildman–Crippen MR) is 125 cm³/mol. The Kier molecular flexibility index (Phi) is 7.77. The van der Waals surface area contributed by atoms with Crippen LogP contribution in [-0.4, -0.2) is 17.5 Å². The van der Waals surface area contributed by atoms with Crippen molar-refractivity contribution in [3.05, 3.63) is 111 Å². The normalized spacial score (nSPS) is 19.4. The molecule has 0 spiro atoms. The van der Waals surface area contributed by atoms with E-state index in [-0.39, 0.29) is 18.3 Å². The van der Waals surface area contributed by atoms with Gasteiger partial charge in [0, 0.05) is 28.4 Å². The summed E-state index contributed by atoms with van der Waals surface area (Å²) in [4.78, 5) is 15.7. The van der Waals surface area contributed by atoms with E-state index in [4.69, 9.17) is 5.53 Å². The molecule has 1 N–H and O–H groups in total. The molecule has 0 bridgehead atoms. The van der Waals surface area contributed by atoms with E-state index >= 15 is 0 Å². The van der Waals surface area contributed by atoms with Crippen LogP contribution >= 0.6 is 0 Å². The van der Waals surface area contributed by atoms with Gasteiger partial charge in [-0.15, -0.1) is 0 Å². The molecule has 0 saturated heterocycles. The summed E-state index contributed by atoms with van der Waals surface area (Å²) in [5.41, 5.74) is 13.7. The van der Waals surface area contributed by atoms with Crippen LogP contribution in [0.2, 0.25) is 0 Å². The minimum atomic E-state index is 0.0293. The van der Waals surface area contributed by atoms with Gasteiger partial charge in [0.2, 0.25) is 0 Å². The summed E-state index contributed by atoms with van der Waals surface area (Å²) in [5.74, 6) is 0.0705. The number of aliphatic hydroxyl groups excluding tert-OH is 1. The lowest BCUT2D eigenvalue weighted by Gasteiger charge is -2.23. The predicted octanol–water partition coefficient (Wildman–Crippen LogP) is 6.49. The summed E-state index contributed by atoms with van der Waals surface area (Å²) in [5, 5.41) is 13.2. The van der Waals surface area contributed by atoms with Crippen LogP contribution in [0.15, 0.2) is 89.1 Å². The van der Waals surface area contributed by atoms with E-state index in [9.17, 15) is 9.90 Å². The van der Waals surface area contributed by atoms with Gasteiger partial charge in [-0.1, -0.05) is 95.7 Å². The number of azide groups is 1. The summed E-state index contributed by atoms with van der Waals surface area (Å²) in [6.45, 7) is 2.10. The molecule has 1 atom stereocenters. The number of Topliss-reactive ketones (excluding diaryl/α,β-unsaturated/α-hetero) is 1. The molecule has 3 rings (SSSR count). The molecule has 0 aromatic heterocycles. The molecule has 0 amide bonds. The Hall–Kier alpha value is -3.66. The lowest BCUT2D eigenvalue weighted by atomic mass is 9.81. The third-order valence-electron chi connectivity index (χ3n) is 5.16. The molecule has 31 heavy (non-hydrogen) atoms. The van der Waals surface area contributed by atoms with E-state index in [0.29, 0.717) is 29.7 Å². The number of hydrogen-bond donors (Lipinski definition) is 1. The fourth-order valence-corrected chi connectivity index (χ4v) is 3.43. The standard InChI is InChI=1S/C26H25N3O2/c1-19-8-10-20(11-9-19)4-2-6-23-16-22(18-30)17-24(26(23)31)7-3-5-21-12-14-25(15-13-21)28-29-27/h2-15,22,30H,16-18H2,1H3/b4-2-,5-3-,23-6+,24-7+. The lowest BCUT2D eigenvalue weighted by Crippen LogP contribution is -2.22. The van der Waals surface area contributed by atoms with Crippen molar-refractivity contribution in [3.8, 4) is 0 Å². The van der Waals surface area contributed by atoms with E-state index in [0.717, 1.165) is 11.1 Å². The maximum absolute atomic E-state index is 12.9. The number of ketones is 1. The van der Waals surface area contributed by atoms with Gasteiger partial charge in [-0.05, 0) is 42.3 Å². The van der Waals surface area contributed by atoms with Crippen molar-refractivity contribution in [2.24, 2.45) is 11.0 Å².